The number of aromatic nitrogens is 1. The number of benzene rings is 1. The van der Waals surface area contributed by atoms with E-state index in [0.29, 0.717) is 13.0 Å². The van der Waals surface area contributed by atoms with Crippen LogP contribution in [0, 0.1) is 5.92 Å². The molecule has 1 aliphatic carbocycles. The van der Waals surface area contributed by atoms with E-state index in [0.717, 1.165) is 48.6 Å². The van der Waals surface area contributed by atoms with Crippen molar-refractivity contribution in [1.29, 1.82) is 0 Å². The van der Waals surface area contributed by atoms with Crippen molar-refractivity contribution in [1.82, 2.24) is 15.2 Å². The highest BCUT2D eigenvalue weighted by Crippen LogP contribution is 2.34. The molecule has 1 aromatic carbocycles. The quantitative estimate of drug-likeness (QED) is 0.820. The minimum atomic E-state index is -0.368. The molecule has 3 aliphatic rings. The van der Waals surface area contributed by atoms with Crippen molar-refractivity contribution in [2.75, 3.05) is 49.1 Å². The molecule has 7 nitrogen and oxygen atoms in total. The molecule has 0 spiro atoms. The fourth-order valence-electron chi connectivity index (χ4n) is 5.36. The van der Waals surface area contributed by atoms with Crippen molar-refractivity contribution < 1.29 is 9.59 Å². The number of urea groups is 1. The number of carbonyl (C=O) groups excluding carboxylic acids is 2. The van der Waals surface area contributed by atoms with Gasteiger partial charge in [0.15, 0.2) is 0 Å². The lowest BCUT2D eigenvalue weighted by atomic mass is 9.89. The highest BCUT2D eigenvalue weighted by molar-refractivity contribution is 6.11. The summed E-state index contributed by atoms with van der Waals surface area (Å²) in [5.41, 5.74) is 1.94. The van der Waals surface area contributed by atoms with E-state index in [1.807, 2.05) is 12.3 Å². The van der Waals surface area contributed by atoms with Gasteiger partial charge in [0, 0.05) is 68.3 Å². The van der Waals surface area contributed by atoms with Gasteiger partial charge < -0.3 is 4.90 Å². The maximum absolute atomic E-state index is 12.4. The van der Waals surface area contributed by atoms with E-state index in [1.54, 1.807) is 11.1 Å². The molecular weight excluding hydrogens is 390 g/mol. The molecule has 7 heteroatoms. The Hall–Kier alpha value is -2.67. The van der Waals surface area contributed by atoms with Gasteiger partial charge in [-0.25, -0.2) is 4.79 Å². The number of fused-ring (bicyclic) bond motifs is 1. The molecule has 0 bridgehead atoms. The van der Waals surface area contributed by atoms with Gasteiger partial charge in [-0.05, 0) is 24.8 Å². The third-order valence-electron chi connectivity index (χ3n) is 7.06. The lowest BCUT2D eigenvalue weighted by Gasteiger charge is -2.38. The van der Waals surface area contributed by atoms with Crippen LogP contribution in [0.3, 0.4) is 0 Å². The van der Waals surface area contributed by atoms with Gasteiger partial charge in [0.05, 0.1) is 11.9 Å². The molecular formula is C24H31N5O2. The number of hydrogen-bond acceptors (Lipinski definition) is 5. The first-order chi connectivity index (χ1) is 15.2. The Balaban J connectivity index is 1.33. The predicted molar refractivity (Wildman–Crippen MR) is 122 cm³/mol. The fourth-order valence-corrected chi connectivity index (χ4v) is 5.36. The van der Waals surface area contributed by atoms with Gasteiger partial charge >= 0.3 is 6.03 Å². The summed E-state index contributed by atoms with van der Waals surface area (Å²) in [5.74, 6) is 0.661. The van der Waals surface area contributed by atoms with E-state index in [2.05, 4.69) is 32.2 Å². The maximum Gasteiger partial charge on any atom is 0.328 e. The molecule has 1 saturated carbocycles. The van der Waals surface area contributed by atoms with Crippen molar-refractivity contribution in [3.8, 4) is 0 Å². The van der Waals surface area contributed by atoms with Crippen LogP contribution in [0.1, 0.15) is 38.5 Å². The second kappa shape index (κ2) is 8.83. The van der Waals surface area contributed by atoms with E-state index in [9.17, 15) is 9.59 Å². The van der Waals surface area contributed by atoms with E-state index in [4.69, 9.17) is 0 Å². The predicted octanol–water partition coefficient (Wildman–Crippen LogP) is 3.38. The zero-order valence-electron chi connectivity index (χ0n) is 18.1. The third kappa shape index (κ3) is 4.24. The first kappa shape index (κ1) is 20.2. The molecule has 31 heavy (non-hydrogen) atoms. The van der Waals surface area contributed by atoms with Crippen LogP contribution in [0.5, 0.6) is 0 Å². The van der Waals surface area contributed by atoms with Crippen LogP contribution in [-0.2, 0) is 4.79 Å². The van der Waals surface area contributed by atoms with E-state index in [1.165, 1.54) is 44.3 Å². The molecule has 5 rings (SSSR count). The van der Waals surface area contributed by atoms with Gasteiger partial charge in [-0.3, -0.25) is 24.9 Å². The molecule has 1 aromatic heterocycles. The topological polar surface area (TPSA) is 68.8 Å². The van der Waals surface area contributed by atoms with E-state index < -0.39 is 0 Å². The van der Waals surface area contributed by atoms with Crippen LogP contribution in [0.25, 0.3) is 10.8 Å². The maximum atomic E-state index is 12.4. The average Bonchev–Trinajstić information content (AvgIpc) is 2.80. The van der Waals surface area contributed by atoms with Crippen molar-refractivity contribution in [2.45, 2.75) is 38.5 Å². The standard InChI is InChI=1S/C24H31N5O2/c30-23-9-10-29(24(31)26-23)22-16-25-15-20-19(22)7-4-8-21(20)28-13-11-27(12-14-28)17-18-5-2-1-3-6-18/h4,7-8,15-16,18H,1-3,5-6,9-14,17H2,(H,26,30,31). The Morgan fingerprint density at radius 2 is 1.71 bits per heavy atom. The second-order valence-electron chi connectivity index (χ2n) is 9.08. The molecule has 3 amide bonds. The number of nitrogens with zero attached hydrogens (tertiary/aromatic N) is 4. The number of nitrogens with one attached hydrogen (secondary N) is 1. The summed E-state index contributed by atoms with van der Waals surface area (Å²) in [6.07, 6.45) is 10.9. The van der Waals surface area contributed by atoms with E-state index >= 15 is 0 Å². The molecule has 0 radical (unpaired) electrons. The number of piperazine rings is 1. The SMILES string of the molecule is O=C1CCN(c2cncc3c(N4CCN(CC5CCCCC5)CC4)cccc23)C(=O)N1. The minimum absolute atomic E-state index is 0.221. The average molecular weight is 422 g/mol. The summed E-state index contributed by atoms with van der Waals surface area (Å²) in [4.78, 5) is 35.1. The molecule has 2 aliphatic heterocycles. The molecule has 164 valence electrons. The van der Waals surface area contributed by atoms with Gasteiger partial charge in [0.25, 0.3) is 0 Å². The van der Waals surface area contributed by atoms with Crippen LogP contribution in [0.2, 0.25) is 0 Å². The summed E-state index contributed by atoms with van der Waals surface area (Å²) in [7, 11) is 0. The molecule has 2 aromatic rings. The van der Waals surface area contributed by atoms with Crippen LogP contribution in [0.4, 0.5) is 16.2 Å². The van der Waals surface area contributed by atoms with Gasteiger partial charge in [-0.2, -0.15) is 0 Å². The molecule has 1 N–H and O–H groups in total. The van der Waals surface area contributed by atoms with Gasteiger partial charge in [0.2, 0.25) is 5.91 Å². The summed E-state index contributed by atoms with van der Waals surface area (Å²) < 4.78 is 0. The summed E-state index contributed by atoms with van der Waals surface area (Å²) in [6.45, 7) is 5.84. The number of pyridine rings is 1. The van der Waals surface area contributed by atoms with Crippen LogP contribution in [-0.4, -0.2) is 61.1 Å². The van der Waals surface area contributed by atoms with Gasteiger partial charge in [-0.15, -0.1) is 0 Å². The summed E-state index contributed by atoms with van der Waals surface area (Å²) in [6, 6.07) is 5.89. The summed E-state index contributed by atoms with van der Waals surface area (Å²) in [5, 5.41) is 4.48. The smallest absolute Gasteiger partial charge is 0.328 e. The monoisotopic (exact) mass is 421 g/mol. The Labute approximate surface area is 183 Å². The largest absolute Gasteiger partial charge is 0.368 e. The molecule has 2 saturated heterocycles. The number of amides is 3. The van der Waals surface area contributed by atoms with Crippen molar-refractivity contribution in [3.63, 3.8) is 0 Å². The lowest BCUT2D eigenvalue weighted by Crippen LogP contribution is -2.49. The highest BCUT2D eigenvalue weighted by Gasteiger charge is 2.27. The Bertz CT molecular complexity index is 964. The first-order valence-corrected chi connectivity index (χ1v) is 11.6. The number of anilines is 2. The zero-order chi connectivity index (χ0) is 21.2. The van der Waals surface area contributed by atoms with Crippen molar-refractivity contribution in [3.05, 3.63) is 30.6 Å². The number of rotatable bonds is 4. The molecule has 0 unspecified atom stereocenters. The number of hydrogen-bond donors (Lipinski definition) is 1. The normalized spacial score (nSPS) is 21.5. The van der Waals surface area contributed by atoms with Crippen molar-refractivity contribution >= 4 is 34.1 Å². The minimum Gasteiger partial charge on any atom is -0.368 e. The van der Waals surface area contributed by atoms with Crippen LogP contribution < -0.4 is 15.1 Å². The number of carbonyl (C=O) groups is 2. The van der Waals surface area contributed by atoms with Crippen LogP contribution in [0.15, 0.2) is 30.6 Å². The zero-order valence-corrected chi connectivity index (χ0v) is 18.1. The lowest BCUT2D eigenvalue weighted by molar-refractivity contribution is -0.120. The second-order valence-corrected chi connectivity index (χ2v) is 9.08. The fraction of sp³-hybridized carbons (Fsp3) is 0.542. The van der Waals surface area contributed by atoms with Crippen LogP contribution >= 0.6 is 0 Å². The Morgan fingerprint density at radius 1 is 0.903 bits per heavy atom. The van der Waals surface area contributed by atoms with Gasteiger partial charge in [0.1, 0.15) is 0 Å². The van der Waals surface area contributed by atoms with Gasteiger partial charge in [-0.1, -0.05) is 31.4 Å². The molecule has 3 heterocycles. The van der Waals surface area contributed by atoms with E-state index in [-0.39, 0.29) is 11.9 Å². The Morgan fingerprint density at radius 3 is 2.48 bits per heavy atom. The highest BCUT2D eigenvalue weighted by atomic mass is 16.2. The number of imide groups is 1. The molecule has 3 fully saturated rings. The van der Waals surface area contributed by atoms with Crippen molar-refractivity contribution in [2.24, 2.45) is 5.92 Å². The molecule has 0 atom stereocenters. The third-order valence-corrected chi connectivity index (χ3v) is 7.06. The summed E-state index contributed by atoms with van der Waals surface area (Å²) >= 11 is 0. The first-order valence-electron chi connectivity index (χ1n) is 11.6. The Kier molecular flexibility index (Phi) is 5.76.